The minimum Gasteiger partial charge on any atom is -0.496 e. The second-order valence-electron chi connectivity index (χ2n) is 4.09. The lowest BCUT2D eigenvalue weighted by Gasteiger charge is -2.11. The average molecular weight is 275 g/mol. The fraction of sp³-hybridized carbons (Fsp3) is 0.154. The summed E-state index contributed by atoms with van der Waals surface area (Å²) in [5.74, 6) is 1.40. The third kappa shape index (κ3) is 1.82. The number of ether oxygens (including phenoxy) is 1. The zero-order chi connectivity index (χ0) is 13.4. The Hall–Kier alpha value is -2.14. The van der Waals surface area contributed by atoms with Gasteiger partial charge in [0.15, 0.2) is 16.6 Å². The molecule has 0 aliphatic rings. The molecular weight excluding hydrogens is 264 g/mol. The van der Waals surface area contributed by atoms with Crippen molar-refractivity contribution >= 4 is 17.2 Å². The van der Waals surface area contributed by atoms with Gasteiger partial charge in [-0.1, -0.05) is 23.7 Å². The lowest BCUT2D eigenvalue weighted by atomic mass is 10.1. The molecule has 0 fully saturated rings. The van der Waals surface area contributed by atoms with E-state index >= 15 is 0 Å². The van der Waals surface area contributed by atoms with Crippen LogP contribution in [0.3, 0.4) is 0 Å². The molecule has 2 heterocycles. The first-order valence-electron chi connectivity index (χ1n) is 5.71. The summed E-state index contributed by atoms with van der Waals surface area (Å²) in [5, 5.41) is 8.41. The Morgan fingerprint density at radius 1 is 1.26 bits per heavy atom. The molecule has 0 N–H and O–H groups in total. The number of imidazole rings is 1. The molecule has 96 valence electrons. The minimum atomic E-state index is 0.279. The molecule has 0 saturated carbocycles. The molecule has 5 nitrogen and oxygen atoms in total. The monoisotopic (exact) mass is 274 g/mol. The molecule has 19 heavy (non-hydrogen) atoms. The average Bonchev–Trinajstić information content (AvgIpc) is 2.90. The predicted molar refractivity (Wildman–Crippen MR) is 72.5 cm³/mol. The normalized spacial score (nSPS) is 10.9. The van der Waals surface area contributed by atoms with Crippen LogP contribution in [-0.2, 0) is 0 Å². The van der Waals surface area contributed by atoms with Gasteiger partial charge >= 0.3 is 0 Å². The van der Waals surface area contributed by atoms with E-state index in [-0.39, 0.29) is 5.15 Å². The standard InChI is InChI=1S/C13H11ClN4O/c1-8-4-3-5-9(19-2)10(8)12-17-16-11(14)13-15-6-7-18(12)13/h3-7H,1-2H3. The van der Waals surface area contributed by atoms with Crippen molar-refractivity contribution in [1.82, 2.24) is 19.6 Å². The summed E-state index contributed by atoms with van der Waals surface area (Å²) < 4.78 is 7.21. The van der Waals surface area contributed by atoms with E-state index in [4.69, 9.17) is 16.3 Å². The van der Waals surface area contributed by atoms with Crippen molar-refractivity contribution in [2.45, 2.75) is 6.92 Å². The second kappa shape index (κ2) is 4.51. The van der Waals surface area contributed by atoms with Crippen molar-refractivity contribution in [1.29, 1.82) is 0 Å². The van der Waals surface area contributed by atoms with Crippen molar-refractivity contribution in [3.63, 3.8) is 0 Å². The van der Waals surface area contributed by atoms with Gasteiger partial charge in [0.1, 0.15) is 5.75 Å². The first-order valence-corrected chi connectivity index (χ1v) is 6.09. The zero-order valence-electron chi connectivity index (χ0n) is 10.5. The van der Waals surface area contributed by atoms with Crippen LogP contribution in [0.1, 0.15) is 5.56 Å². The van der Waals surface area contributed by atoms with Crippen LogP contribution in [-0.4, -0.2) is 26.7 Å². The molecule has 0 saturated heterocycles. The zero-order valence-corrected chi connectivity index (χ0v) is 11.2. The van der Waals surface area contributed by atoms with Gasteiger partial charge in [0.2, 0.25) is 0 Å². The Labute approximate surface area is 114 Å². The van der Waals surface area contributed by atoms with E-state index in [0.29, 0.717) is 11.5 Å². The van der Waals surface area contributed by atoms with Gasteiger partial charge in [0, 0.05) is 12.4 Å². The van der Waals surface area contributed by atoms with Crippen LogP contribution in [0.15, 0.2) is 30.6 Å². The van der Waals surface area contributed by atoms with Crippen LogP contribution in [0, 0.1) is 6.92 Å². The summed E-state index contributed by atoms with van der Waals surface area (Å²) in [6, 6.07) is 5.82. The molecule has 6 heteroatoms. The highest BCUT2D eigenvalue weighted by Gasteiger charge is 2.16. The van der Waals surface area contributed by atoms with Gasteiger partial charge in [0.25, 0.3) is 0 Å². The number of rotatable bonds is 2. The molecule has 0 aliphatic carbocycles. The van der Waals surface area contributed by atoms with Gasteiger partial charge in [-0.3, -0.25) is 4.40 Å². The summed E-state index contributed by atoms with van der Waals surface area (Å²) in [6.45, 7) is 2.00. The topological polar surface area (TPSA) is 52.3 Å². The summed E-state index contributed by atoms with van der Waals surface area (Å²) in [7, 11) is 1.63. The van der Waals surface area contributed by atoms with E-state index in [1.165, 1.54) is 0 Å². The number of hydrogen-bond donors (Lipinski definition) is 0. The second-order valence-corrected chi connectivity index (χ2v) is 4.45. The first kappa shape index (κ1) is 11.9. The van der Waals surface area contributed by atoms with E-state index in [1.54, 1.807) is 23.9 Å². The van der Waals surface area contributed by atoms with Gasteiger partial charge in [-0.25, -0.2) is 4.98 Å². The quantitative estimate of drug-likeness (QED) is 0.721. The molecule has 0 bridgehead atoms. The summed E-state index contributed by atoms with van der Waals surface area (Å²) >= 11 is 5.98. The van der Waals surface area contributed by atoms with Crippen LogP contribution in [0.2, 0.25) is 5.15 Å². The van der Waals surface area contributed by atoms with Gasteiger partial charge < -0.3 is 4.74 Å². The predicted octanol–water partition coefficient (Wildman–Crippen LogP) is 2.76. The van der Waals surface area contributed by atoms with Gasteiger partial charge in [-0.2, -0.15) is 0 Å². The molecule has 1 aromatic carbocycles. The molecule has 0 radical (unpaired) electrons. The van der Waals surface area contributed by atoms with Crippen molar-refractivity contribution in [3.05, 3.63) is 41.3 Å². The number of halogens is 1. The number of methoxy groups -OCH3 is 1. The molecule has 2 aromatic heterocycles. The number of aromatic nitrogens is 4. The molecule has 0 spiro atoms. The minimum absolute atomic E-state index is 0.279. The van der Waals surface area contributed by atoms with Crippen molar-refractivity contribution in [2.24, 2.45) is 0 Å². The highest BCUT2D eigenvalue weighted by atomic mass is 35.5. The molecule has 3 aromatic rings. The number of aryl methyl sites for hydroxylation is 1. The van der Waals surface area contributed by atoms with Crippen LogP contribution < -0.4 is 4.74 Å². The Morgan fingerprint density at radius 2 is 2.11 bits per heavy atom. The highest BCUT2D eigenvalue weighted by molar-refractivity contribution is 6.32. The van der Waals surface area contributed by atoms with Crippen LogP contribution >= 0.6 is 11.6 Å². The molecule has 0 unspecified atom stereocenters. The SMILES string of the molecule is COc1cccc(C)c1-c1nnc(Cl)c2nccn12. The maximum atomic E-state index is 5.98. The van der Waals surface area contributed by atoms with Gasteiger partial charge in [0.05, 0.1) is 12.7 Å². The Kier molecular flexibility index (Phi) is 2.83. The number of nitrogens with zero attached hydrogens (tertiary/aromatic N) is 4. The third-order valence-electron chi connectivity index (χ3n) is 2.96. The van der Waals surface area contributed by atoms with Crippen LogP contribution in [0.4, 0.5) is 0 Å². The maximum absolute atomic E-state index is 5.98. The Morgan fingerprint density at radius 3 is 2.89 bits per heavy atom. The van der Waals surface area contributed by atoms with E-state index < -0.39 is 0 Å². The van der Waals surface area contributed by atoms with Crippen LogP contribution in [0.25, 0.3) is 17.0 Å². The Bertz CT molecular complexity index is 753. The molecular formula is C13H11ClN4O. The fourth-order valence-corrected chi connectivity index (χ4v) is 2.26. The van der Waals surface area contributed by atoms with E-state index in [0.717, 1.165) is 16.9 Å². The number of benzene rings is 1. The number of hydrogen-bond acceptors (Lipinski definition) is 4. The summed E-state index contributed by atoms with van der Waals surface area (Å²) in [5.41, 5.74) is 2.51. The lowest BCUT2D eigenvalue weighted by Crippen LogP contribution is -2.02. The van der Waals surface area contributed by atoms with E-state index in [9.17, 15) is 0 Å². The number of fused-ring (bicyclic) bond motifs is 1. The largest absolute Gasteiger partial charge is 0.496 e. The van der Waals surface area contributed by atoms with Gasteiger partial charge in [-0.05, 0) is 18.6 Å². The van der Waals surface area contributed by atoms with E-state index in [1.807, 2.05) is 25.1 Å². The van der Waals surface area contributed by atoms with Crippen LogP contribution in [0.5, 0.6) is 5.75 Å². The highest BCUT2D eigenvalue weighted by Crippen LogP contribution is 2.32. The van der Waals surface area contributed by atoms with E-state index in [2.05, 4.69) is 15.2 Å². The third-order valence-corrected chi connectivity index (χ3v) is 3.21. The smallest absolute Gasteiger partial charge is 0.195 e. The molecule has 0 amide bonds. The van der Waals surface area contributed by atoms with Crippen molar-refractivity contribution in [2.75, 3.05) is 7.11 Å². The maximum Gasteiger partial charge on any atom is 0.195 e. The summed E-state index contributed by atoms with van der Waals surface area (Å²) in [4.78, 5) is 4.18. The molecule has 3 rings (SSSR count). The molecule has 0 atom stereocenters. The molecule has 0 aliphatic heterocycles. The van der Waals surface area contributed by atoms with Gasteiger partial charge in [-0.15, -0.1) is 10.2 Å². The van der Waals surface area contributed by atoms with Crippen molar-refractivity contribution in [3.8, 4) is 17.1 Å². The fourth-order valence-electron chi connectivity index (χ4n) is 2.08. The Balaban J connectivity index is 2.37. The van der Waals surface area contributed by atoms with Crippen molar-refractivity contribution < 1.29 is 4.74 Å². The lowest BCUT2D eigenvalue weighted by molar-refractivity contribution is 0.415. The first-order chi connectivity index (χ1) is 9.22. The summed E-state index contributed by atoms with van der Waals surface area (Å²) in [6.07, 6.45) is 3.47.